The second-order valence-electron chi connectivity index (χ2n) is 2.99. The van der Waals surface area contributed by atoms with E-state index in [0.29, 0.717) is 6.08 Å². The number of rotatable bonds is 5. The molecule has 15 heteroatoms. The Morgan fingerprint density at radius 3 is 1.64 bits per heavy atom. The van der Waals surface area contributed by atoms with Gasteiger partial charge in [0.25, 0.3) is 6.36 Å². The lowest BCUT2D eigenvalue weighted by Gasteiger charge is -2.28. The van der Waals surface area contributed by atoms with Gasteiger partial charge in [-0.2, -0.15) is 39.2 Å². The maximum Gasteiger partial charge on any atom is 0.478 e. The fraction of sp³-hybridized carbons (Fsp3) is 0.714. The normalized spacial score (nSPS) is 17.0. The molecule has 0 aliphatic carbocycles. The van der Waals surface area contributed by atoms with Gasteiger partial charge in [0, 0.05) is 0 Å². The van der Waals surface area contributed by atoms with Crippen molar-refractivity contribution < 1.29 is 60.8 Å². The molecule has 0 aliphatic heterocycles. The van der Waals surface area contributed by atoms with E-state index in [-0.39, 0.29) is 0 Å². The number of hydrogen-bond acceptors (Lipinski definition) is 4. The third kappa shape index (κ3) is 10.6. The summed E-state index contributed by atoms with van der Waals surface area (Å²) in [5, 5.41) is 0. The predicted molar refractivity (Wildman–Crippen MR) is 49.2 cm³/mol. The monoisotopic (exact) mass is 376 g/mol. The van der Waals surface area contributed by atoms with Gasteiger partial charge >= 0.3 is 29.0 Å². The molecular weight excluding hydrogens is 370 g/mol. The largest absolute Gasteiger partial charge is 0.478 e. The van der Waals surface area contributed by atoms with Crippen LogP contribution in [0.25, 0.3) is 0 Å². The molecule has 0 fully saturated rings. The molecule has 0 aromatic carbocycles. The van der Waals surface area contributed by atoms with Crippen molar-refractivity contribution in [3.63, 3.8) is 0 Å². The zero-order chi connectivity index (χ0) is 18.4. The molecule has 0 spiro atoms. The maximum absolute atomic E-state index is 12.9. The van der Waals surface area contributed by atoms with E-state index < -0.39 is 42.0 Å². The van der Waals surface area contributed by atoms with Crippen LogP contribution in [-0.4, -0.2) is 39.8 Å². The van der Waals surface area contributed by atoms with Gasteiger partial charge in [-0.05, 0) is 0 Å². The van der Waals surface area contributed by atoms with E-state index >= 15 is 0 Å². The van der Waals surface area contributed by atoms with Gasteiger partial charge in [-0.15, -0.1) is 6.58 Å². The Hall–Kier alpha value is -1.09. The average molecular weight is 376 g/mol. The molecule has 4 nitrogen and oxygen atoms in total. The summed E-state index contributed by atoms with van der Waals surface area (Å²) in [5.41, 5.74) is 0. The van der Waals surface area contributed by atoms with Crippen molar-refractivity contribution in [1.29, 1.82) is 0 Å². The summed E-state index contributed by atoms with van der Waals surface area (Å²) in [4.78, 5) is 0. The first-order valence-electron chi connectivity index (χ1n) is 4.47. The van der Waals surface area contributed by atoms with Crippen LogP contribution in [0.15, 0.2) is 12.7 Å². The summed E-state index contributed by atoms with van der Waals surface area (Å²) >= 11 is 0. The summed E-state index contributed by atoms with van der Waals surface area (Å²) in [6, 6.07) is -5.20. The average Bonchev–Trinajstić information content (AvgIpc) is 2.21. The van der Waals surface area contributed by atoms with Crippen molar-refractivity contribution in [3.05, 3.63) is 12.7 Å². The molecule has 0 aromatic heterocycles. The van der Waals surface area contributed by atoms with Crippen molar-refractivity contribution >= 4 is 10.6 Å². The highest BCUT2D eigenvalue weighted by atomic mass is 32.3. The zero-order valence-corrected chi connectivity index (χ0v) is 10.7. The van der Waals surface area contributed by atoms with Crippen LogP contribution in [0.3, 0.4) is 0 Å². The van der Waals surface area contributed by atoms with Gasteiger partial charge in [0.15, 0.2) is 0 Å². The zero-order valence-electron chi connectivity index (χ0n) is 9.89. The van der Waals surface area contributed by atoms with E-state index in [1.807, 2.05) is 0 Å². The number of hydrogen-bond donors (Lipinski definition) is 0. The molecule has 0 rings (SSSR count). The third-order valence-corrected chi connectivity index (χ3v) is 1.24. The van der Waals surface area contributed by atoms with E-state index in [0.717, 1.165) is 0 Å². The SMILES string of the molecule is C=CCOC(F)(OC(F)C(F)(F)F)C(F)(F)F.O=S(=O)(F)F. The number of alkyl halides is 8. The molecule has 2 unspecified atom stereocenters. The molecular formula is C7H6F10O4S. The first-order valence-corrected chi connectivity index (χ1v) is 5.75. The summed E-state index contributed by atoms with van der Waals surface area (Å²) < 4.78 is 138. The summed E-state index contributed by atoms with van der Waals surface area (Å²) in [7, 11) is -5.67. The van der Waals surface area contributed by atoms with Crippen molar-refractivity contribution in [2.75, 3.05) is 6.61 Å². The fourth-order valence-corrected chi connectivity index (χ4v) is 0.549. The molecule has 22 heavy (non-hydrogen) atoms. The number of ether oxygens (including phenoxy) is 2. The summed E-state index contributed by atoms with van der Waals surface area (Å²) in [6.45, 7) is 1.72. The number of halogens is 10. The van der Waals surface area contributed by atoms with Crippen LogP contribution in [-0.2, 0) is 20.1 Å². The lowest BCUT2D eigenvalue weighted by Crippen LogP contribution is -2.50. The van der Waals surface area contributed by atoms with Gasteiger partial charge in [0.05, 0.1) is 6.61 Å². The highest BCUT2D eigenvalue weighted by Gasteiger charge is 2.63. The Morgan fingerprint density at radius 2 is 1.41 bits per heavy atom. The second-order valence-corrected chi connectivity index (χ2v) is 3.74. The lowest BCUT2D eigenvalue weighted by molar-refractivity contribution is -0.473. The first kappa shape index (κ1) is 23.2. The first-order chi connectivity index (χ1) is 9.44. The van der Waals surface area contributed by atoms with Crippen LogP contribution in [0.1, 0.15) is 0 Å². The van der Waals surface area contributed by atoms with Gasteiger partial charge < -0.3 is 4.74 Å². The third-order valence-electron chi connectivity index (χ3n) is 1.24. The van der Waals surface area contributed by atoms with E-state index in [2.05, 4.69) is 16.1 Å². The van der Waals surface area contributed by atoms with Gasteiger partial charge in [-0.1, -0.05) is 13.8 Å². The highest BCUT2D eigenvalue weighted by molar-refractivity contribution is 7.81. The molecule has 0 saturated carbocycles. The minimum Gasteiger partial charge on any atom is -0.312 e. The van der Waals surface area contributed by atoms with E-state index in [1.165, 1.54) is 0 Å². The summed E-state index contributed by atoms with van der Waals surface area (Å²) in [5.74, 6) is 0. The van der Waals surface area contributed by atoms with E-state index in [4.69, 9.17) is 8.42 Å². The molecule has 0 aliphatic rings. The standard InChI is InChI=1S/C7H6F8O2.F2O2S/c1-2-3-16-7(15,6(12,13)14)17-4(8)5(9,10)11;1-5(2,3)4/h2,4H,1,3H2;. The molecule has 0 N–H and O–H groups in total. The van der Waals surface area contributed by atoms with Crippen LogP contribution >= 0.6 is 0 Å². The Bertz CT molecular complexity index is 435. The molecule has 0 radical (unpaired) electrons. The van der Waals surface area contributed by atoms with Crippen LogP contribution in [0.4, 0.5) is 42.9 Å². The van der Waals surface area contributed by atoms with E-state index in [1.54, 1.807) is 0 Å². The molecule has 2 atom stereocenters. The van der Waals surface area contributed by atoms with Crippen LogP contribution in [0.5, 0.6) is 0 Å². The maximum atomic E-state index is 12.9. The van der Waals surface area contributed by atoms with Crippen molar-refractivity contribution in [3.8, 4) is 0 Å². The van der Waals surface area contributed by atoms with Crippen LogP contribution in [0, 0.1) is 0 Å². The lowest BCUT2D eigenvalue weighted by atomic mass is 10.5. The summed E-state index contributed by atoms with van der Waals surface area (Å²) in [6.07, 6.45) is -15.7. The molecule has 0 aromatic rings. The van der Waals surface area contributed by atoms with Gasteiger partial charge in [-0.25, -0.2) is 4.39 Å². The smallest absolute Gasteiger partial charge is 0.312 e. The second kappa shape index (κ2) is 7.96. The molecule has 0 heterocycles. The van der Waals surface area contributed by atoms with Crippen LogP contribution in [0.2, 0.25) is 0 Å². The Balaban J connectivity index is 0. The van der Waals surface area contributed by atoms with Gasteiger partial charge in [0.1, 0.15) is 0 Å². The molecule has 0 bridgehead atoms. The van der Waals surface area contributed by atoms with Crippen LogP contribution < -0.4 is 0 Å². The fourth-order valence-electron chi connectivity index (χ4n) is 0.549. The Morgan fingerprint density at radius 1 is 1.05 bits per heavy atom. The molecule has 134 valence electrons. The van der Waals surface area contributed by atoms with Gasteiger partial charge in [0.2, 0.25) is 0 Å². The quantitative estimate of drug-likeness (QED) is 0.319. The topological polar surface area (TPSA) is 52.6 Å². The Kier molecular flexibility index (Phi) is 8.39. The van der Waals surface area contributed by atoms with Crippen molar-refractivity contribution in [2.24, 2.45) is 0 Å². The van der Waals surface area contributed by atoms with Crippen molar-refractivity contribution in [1.82, 2.24) is 0 Å². The minimum atomic E-state index is -5.99. The predicted octanol–water partition coefficient (Wildman–Crippen LogP) is 3.42. The minimum absolute atomic E-state index is 0.615. The van der Waals surface area contributed by atoms with Crippen molar-refractivity contribution in [2.45, 2.75) is 24.8 Å². The van der Waals surface area contributed by atoms with Gasteiger partial charge in [-0.3, -0.25) is 4.74 Å². The Labute approximate surface area is 116 Å². The molecule has 0 saturated heterocycles. The highest BCUT2D eigenvalue weighted by Crippen LogP contribution is 2.39. The van der Waals surface area contributed by atoms with E-state index in [9.17, 15) is 42.9 Å². The molecule has 0 amide bonds.